The van der Waals surface area contributed by atoms with Crippen molar-refractivity contribution in [3.8, 4) is 0 Å². The van der Waals surface area contributed by atoms with Crippen LogP contribution in [0.2, 0.25) is 0 Å². The lowest BCUT2D eigenvalue weighted by Crippen LogP contribution is -2.34. The van der Waals surface area contributed by atoms with Crippen LogP contribution in [0.1, 0.15) is 35.7 Å². The van der Waals surface area contributed by atoms with Gasteiger partial charge in [0.05, 0.1) is 13.2 Å². The average molecular weight is 362 g/mol. The third-order valence-corrected chi connectivity index (χ3v) is 5.72. The molecule has 2 aromatic carbocycles. The molecule has 0 aliphatic carbocycles. The van der Waals surface area contributed by atoms with Gasteiger partial charge in [-0.15, -0.1) is 0 Å². The number of para-hydroxylation sites is 1. The van der Waals surface area contributed by atoms with Crippen LogP contribution >= 0.6 is 0 Å². The summed E-state index contributed by atoms with van der Waals surface area (Å²) in [5.41, 5.74) is 5.37. The Balaban J connectivity index is 1.81. The summed E-state index contributed by atoms with van der Waals surface area (Å²) in [4.78, 5) is 14.2. The summed E-state index contributed by atoms with van der Waals surface area (Å²) in [5.74, 6) is -0.138. The van der Waals surface area contributed by atoms with Gasteiger partial charge in [-0.25, -0.2) is 0 Å². The molecule has 4 rings (SSSR count). The van der Waals surface area contributed by atoms with Crippen LogP contribution in [0.4, 0.5) is 0 Å². The van der Waals surface area contributed by atoms with E-state index in [0.717, 1.165) is 25.9 Å². The number of fused-ring (bicyclic) bond motifs is 3. The number of nitrogens with zero attached hydrogens (tertiary/aromatic N) is 2. The maximum Gasteiger partial charge on any atom is 0.305 e. The fraction of sp³-hybridized carbons (Fsp3) is 0.348. The van der Waals surface area contributed by atoms with E-state index in [9.17, 15) is 4.79 Å². The molecule has 1 aromatic heterocycles. The molecule has 0 saturated carbocycles. The molecule has 1 atom stereocenters. The van der Waals surface area contributed by atoms with E-state index in [1.54, 1.807) is 0 Å². The first kappa shape index (κ1) is 17.8. The van der Waals surface area contributed by atoms with Crippen molar-refractivity contribution in [3.05, 3.63) is 71.4 Å². The van der Waals surface area contributed by atoms with Gasteiger partial charge < -0.3 is 9.30 Å². The zero-order valence-electron chi connectivity index (χ0n) is 16.0. The molecule has 0 spiro atoms. The van der Waals surface area contributed by atoms with E-state index in [-0.39, 0.29) is 12.0 Å². The summed E-state index contributed by atoms with van der Waals surface area (Å²) in [6.07, 6.45) is 2.27. The Kier molecular flexibility index (Phi) is 4.99. The van der Waals surface area contributed by atoms with Gasteiger partial charge in [-0.3, -0.25) is 9.69 Å². The van der Waals surface area contributed by atoms with Gasteiger partial charge in [0.1, 0.15) is 0 Å². The van der Waals surface area contributed by atoms with Crippen molar-refractivity contribution in [3.63, 3.8) is 0 Å². The number of hydrogen-bond donors (Lipinski definition) is 0. The highest BCUT2D eigenvalue weighted by atomic mass is 16.5. The summed E-state index contributed by atoms with van der Waals surface area (Å²) in [6, 6.07) is 19.5. The van der Waals surface area contributed by atoms with Crippen LogP contribution in [0.25, 0.3) is 10.9 Å². The number of carbonyl (C=O) groups excluding carboxylic acids is 1. The Labute approximate surface area is 160 Å². The minimum absolute atomic E-state index is 0.138. The fourth-order valence-electron chi connectivity index (χ4n) is 4.34. The number of esters is 1. The van der Waals surface area contributed by atoms with Crippen molar-refractivity contribution in [2.24, 2.45) is 0 Å². The van der Waals surface area contributed by atoms with Crippen LogP contribution in [0.3, 0.4) is 0 Å². The molecule has 0 amide bonds. The number of methoxy groups -OCH3 is 1. The Hall–Kier alpha value is -2.59. The molecule has 1 aliphatic heterocycles. The molecule has 2 heterocycles. The quantitative estimate of drug-likeness (QED) is 0.639. The van der Waals surface area contributed by atoms with Crippen molar-refractivity contribution in [2.45, 2.75) is 31.8 Å². The molecule has 1 aliphatic rings. The van der Waals surface area contributed by atoms with Crippen LogP contribution in [-0.2, 0) is 22.5 Å². The number of likely N-dealkylation sites (N-methyl/N-ethyl adjacent to an activating group) is 1. The zero-order valence-corrected chi connectivity index (χ0v) is 16.0. The molecule has 3 aromatic rings. The predicted molar refractivity (Wildman–Crippen MR) is 108 cm³/mol. The molecule has 0 N–H and O–H groups in total. The lowest BCUT2D eigenvalue weighted by Gasteiger charge is -2.34. The summed E-state index contributed by atoms with van der Waals surface area (Å²) in [7, 11) is 3.63. The molecular weight excluding hydrogens is 336 g/mol. The topological polar surface area (TPSA) is 34.5 Å². The molecule has 4 heteroatoms. The summed E-state index contributed by atoms with van der Waals surface area (Å²) in [6.45, 7) is 1.86. The first-order valence-electron chi connectivity index (χ1n) is 9.60. The van der Waals surface area contributed by atoms with Gasteiger partial charge in [0.15, 0.2) is 0 Å². The van der Waals surface area contributed by atoms with E-state index in [1.165, 1.54) is 34.8 Å². The van der Waals surface area contributed by atoms with Crippen LogP contribution in [0.15, 0.2) is 54.6 Å². The van der Waals surface area contributed by atoms with E-state index in [4.69, 9.17) is 4.74 Å². The van der Waals surface area contributed by atoms with Gasteiger partial charge in [0, 0.05) is 36.1 Å². The Bertz CT molecular complexity index is 946. The molecule has 0 bridgehead atoms. The minimum Gasteiger partial charge on any atom is -0.469 e. The second-order valence-electron chi connectivity index (χ2n) is 7.31. The zero-order chi connectivity index (χ0) is 18.8. The van der Waals surface area contributed by atoms with Crippen molar-refractivity contribution < 1.29 is 9.53 Å². The van der Waals surface area contributed by atoms with E-state index in [2.05, 4.69) is 71.1 Å². The highest BCUT2D eigenvalue weighted by molar-refractivity contribution is 5.86. The standard InChI is InChI=1S/C23H26N2O2/c1-24-15-14-19-18-10-6-7-11-20(18)25(16-17-8-4-3-5-9-17)23(19)21(24)12-13-22(26)27-2/h3-11,21H,12-16H2,1-2H3. The third kappa shape index (κ3) is 3.37. The van der Waals surface area contributed by atoms with Crippen LogP contribution in [0, 0.1) is 0 Å². The molecule has 0 fully saturated rings. The normalized spacial score (nSPS) is 17.0. The second-order valence-corrected chi connectivity index (χ2v) is 7.31. The molecule has 0 radical (unpaired) electrons. The number of rotatable bonds is 5. The van der Waals surface area contributed by atoms with Crippen molar-refractivity contribution in [1.29, 1.82) is 0 Å². The van der Waals surface area contributed by atoms with E-state index in [0.29, 0.717) is 6.42 Å². The summed E-state index contributed by atoms with van der Waals surface area (Å²) < 4.78 is 7.34. The highest BCUT2D eigenvalue weighted by Crippen LogP contribution is 2.39. The van der Waals surface area contributed by atoms with Crippen molar-refractivity contribution >= 4 is 16.9 Å². The Morgan fingerprint density at radius 1 is 1.11 bits per heavy atom. The minimum atomic E-state index is -0.138. The van der Waals surface area contributed by atoms with Gasteiger partial charge in [-0.2, -0.15) is 0 Å². The first-order valence-corrected chi connectivity index (χ1v) is 9.60. The lowest BCUT2D eigenvalue weighted by atomic mass is 9.94. The van der Waals surface area contributed by atoms with E-state index in [1.807, 2.05) is 0 Å². The Morgan fingerprint density at radius 3 is 2.63 bits per heavy atom. The van der Waals surface area contributed by atoms with Gasteiger partial charge in [0.25, 0.3) is 0 Å². The maximum atomic E-state index is 11.8. The average Bonchev–Trinajstić information content (AvgIpc) is 3.02. The number of carbonyl (C=O) groups is 1. The second kappa shape index (κ2) is 7.57. The summed E-state index contributed by atoms with van der Waals surface area (Å²) in [5, 5.41) is 1.35. The SMILES string of the molecule is COC(=O)CCC1c2c(c3ccccc3n2Cc2ccccc2)CCN1C. The molecule has 140 valence electrons. The largest absolute Gasteiger partial charge is 0.469 e. The summed E-state index contributed by atoms with van der Waals surface area (Å²) >= 11 is 0. The molecule has 0 saturated heterocycles. The van der Waals surface area contributed by atoms with E-state index >= 15 is 0 Å². The lowest BCUT2D eigenvalue weighted by molar-refractivity contribution is -0.141. The van der Waals surface area contributed by atoms with Crippen LogP contribution < -0.4 is 0 Å². The number of benzene rings is 2. The smallest absolute Gasteiger partial charge is 0.305 e. The van der Waals surface area contributed by atoms with Crippen LogP contribution in [-0.4, -0.2) is 36.1 Å². The molecule has 4 nitrogen and oxygen atoms in total. The Morgan fingerprint density at radius 2 is 1.85 bits per heavy atom. The monoisotopic (exact) mass is 362 g/mol. The van der Waals surface area contributed by atoms with Crippen molar-refractivity contribution in [2.75, 3.05) is 20.7 Å². The molecular formula is C23H26N2O2. The third-order valence-electron chi connectivity index (χ3n) is 5.72. The first-order chi connectivity index (χ1) is 13.2. The van der Waals surface area contributed by atoms with Crippen molar-refractivity contribution in [1.82, 2.24) is 9.47 Å². The maximum absolute atomic E-state index is 11.8. The number of aromatic nitrogens is 1. The highest BCUT2D eigenvalue weighted by Gasteiger charge is 2.31. The fourth-order valence-corrected chi connectivity index (χ4v) is 4.34. The van der Waals surface area contributed by atoms with Gasteiger partial charge in [0.2, 0.25) is 0 Å². The van der Waals surface area contributed by atoms with Gasteiger partial charge >= 0.3 is 5.97 Å². The van der Waals surface area contributed by atoms with E-state index < -0.39 is 0 Å². The van der Waals surface area contributed by atoms with Crippen LogP contribution in [0.5, 0.6) is 0 Å². The number of ether oxygens (including phenoxy) is 1. The number of hydrogen-bond acceptors (Lipinski definition) is 3. The van der Waals surface area contributed by atoms with Gasteiger partial charge in [-0.1, -0.05) is 48.5 Å². The predicted octanol–water partition coefficient (Wildman–Crippen LogP) is 4.17. The van der Waals surface area contributed by atoms with Gasteiger partial charge in [-0.05, 0) is 37.1 Å². The molecule has 1 unspecified atom stereocenters. The molecule has 27 heavy (non-hydrogen) atoms.